The van der Waals surface area contributed by atoms with E-state index in [0.717, 1.165) is 46.3 Å². The van der Waals surface area contributed by atoms with Crippen LogP contribution in [0, 0.1) is 0 Å². The fraction of sp³-hybridized carbons (Fsp3) is 0.250. The van der Waals surface area contributed by atoms with Gasteiger partial charge in [0, 0.05) is 18.4 Å². The van der Waals surface area contributed by atoms with Crippen molar-refractivity contribution in [2.75, 3.05) is 18.6 Å². The number of H-pyrrole nitrogens is 1. The van der Waals surface area contributed by atoms with Gasteiger partial charge < -0.3 is 20.0 Å². The minimum Gasteiger partial charge on any atom is -0.497 e. The van der Waals surface area contributed by atoms with E-state index in [-0.39, 0.29) is 0 Å². The van der Waals surface area contributed by atoms with Crippen LogP contribution in [0.25, 0.3) is 22.2 Å². The van der Waals surface area contributed by atoms with E-state index in [9.17, 15) is 0 Å². The Labute approximate surface area is 147 Å². The third-order valence-electron chi connectivity index (χ3n) is 3.88. The summed E-state index contributed by atoms with van der Waals surface area (Å²) in [6, 6.07) is 5.82. The van der Waals surface area contributed by atoms with Gasteiger partial charge in [0.05, 0.1) is 24.5 Å². The summed E-state index contributed by atoms with van der Waals surface area (Å²) in [5.41, 5.74) is 9.15. The standard InChI is InChI=1S/C16H17N7OS/c1-24-10-3-4-11-12(7-10)22-16(21-11)25-6-2-5-23-9-20-13-14(17)18-8-19-15(13)23/h3-4,7-9H,2,5-6H2,1H3,(H,21,22)(H2,17,18,19). The van der Waals surface area contributed by atoms with Gasteiger partial charge in [0.2, 0.25) is 0 Å². The lowest BCUT2D eigenvalue weighted by Gasteiger charge is -2.02. The molecular formula is C16H17N7OS. The predicted octanol–water partition coefficient (Wildman–Crippen LogP) is 2.48. The first-order valence-corrected chi connectivity index (χ1v) is 8.81. The second kappa shape index (κ2) is 6.60. The Morgan fingerprint density at radius 1 is 1.28 bits per heavy atom. The Morgan fingerprint density at radius 3 is 3.08 bits per heavy atom. The summed E-state index contributed by atoms with van der Waals surface area (Å²) in [6.45, 7) is 0.813. The van der Waals surface area contributed by atoms with Gasteiger partial charge in [-0.15, -0.1) is 0 Å². The van der Waals surface area contributed by atoms with E-state index >= 15 is 0 Å². The lowest BCUT2D eigenvalue weighted by Crippen LogP contribution is -2.00. The summed E-state index contributed by atoms with van der Waals surface area (Å²) >= 11 is 1.69. The molecule has 0 amide bonds. The van der Waals surface area contributed by atoms with Gasteiger partial charge in [-0.3, -0.25) is 0 Å². The van der Waals surface area contributed by atoms with Crippen molar-refractivity contribution in [3.63, 3.8) is 0 Å². The molecule has 25 heavy (non-hydrogen) atoms. The number of nitrogens with two attached hydrogens (primary N) is 1. The van der Waals surface area contributed by atoms with Crippen molar-refractivity contribution in [3.05, 3.63) is 30.9 Å². The van der Waals surface area contributed by atoms with Crippen molar-refractivity contribution in [1.29, 1.82) is 0 Å². The molecule has 0 saturated heterocycles. The van der Waals surface area contributed by atoms with Crippen LogP contribution in [0.5, 0.6) is 5.75 Å². The number of nitrogens with zero attached hydrogens (tertiary/aromatic N) is 5. The van der Waals surface area contributed by atoms with Gasteiger partial charge in [0.1, 0.15) is 17.6 Å². The van der Waals surface area contributed by atoms with E-state index in [4.69, 9.17) is 10.5 Å². The molecule has 0 aliphatic rings. The molecule has 0 bridgehead atoms. The van der Waals surface area contributed by atoms with Gasteiger partial charge in [-0.05, 0) is 18.6 Å². The number of aromatic nitrogens is 6. The SMILES string of the molecule is COc1ccc2nc(SCCCn3cnc4c(N)ncnc43)[nH]c2c1. The molecule has 0 atom stereocenters. The summed E-state index contributed by atoms with van der Waals surface area (Å²) in [7, 11) is 1.66. The van der Waals surface area contributed by atoms with Crippen molar-refractivity contribution >= 4 is 39.8 Å². The van der Waals surface area contributed by atoms with E-state index in [1.54, 1.807) is 25.2 Å². The molecular weight excluding hydrogens is 338 g/mol. The number of nitrogens with one attached hydrogen (secondary N) is 1. The molecule has 0 fully saturated rings. The normalized spacial score (nSPS) is 11.4. The average molecular weight is 355 g/mol. The molecule has 0 saturated carbocycles. The van der Waals surface area contributed by atoms with E-state index in [1.807, 2.05) is 22.8 Å². The van der Waals surface area contributed by atoms with Gasteiger partial charge >= 0.3 is 0 Å². The number of hydrogen-bond donors (Lipinski definition) is 2. The third kappa shape index (κ3) is 3.10. The van der Waals surface area contributed by atoms with E-state index < -0.39 is 0 Å². The van der Waals surface area contributed by atoms with Crippen LogP contribution in [-0.2, 0) is 6.54 Å². The molecule has 128 valence electrons. The van der Waals surface area contributed by atoms with E-state index in [1.165, 1.54) is 6.33 Å². The van der Waals surface area contributed by atoms with Crippen LogP contribution in [0.3, 0.4) is 0 Å². The minimum atomic E-state index is 0.413. The lowest BCUT2D eigenvalue weighted by atomic mass is 10.3. The molecule has 3 aromatic heterocycles. The molecule has 0 unspecified atom stereocenters. The Bertz CT molecular complexity index is 1030. The summed E-state index contributed by atoms with van der Waals surface area (Å²) in [5, 5.41) is 0.908. The number of nitrogen functional groups attached to an aromatic ring is 1. The first kappa shape index (κ1) is 15.7. The largest absolute Gasteiger partial charge is 0.497 e. The van der Waals surface area contributed by atoms with Gasteiger partial charge in [-0.25, -0.2) is 19.9 Å². The first-order valence-electron chi connectivity index (χ1n) is 7.82. The third-order valence-corrected chi connectivity index (χ3v) is 4.84. The summed E-state index contributed by atoms with van der Waals surface area (Å²) in [4.78, 5) is 20.4. The number of aromatic amines is 1. The summed E-state index contributed by atoms with van der Waals surface area (Å²) in [6.07, 6.45) is 4.18. The van der Waals surface area contributed by atoms with Crippen molar-refractivity contribution < 1.29 is 4.74 Å². The fourth-order valence-corrected chi connectivity index (χ4v) is 3.44. The van der Waals surface area contributed by atoms with Crippen LogP contribution in [-0.4, -0.2) is 42.3 Å². The number of methoxy groups -OCH3 is 1. The maximum atomic E-state index is 5.81. The highest BCUT2D eigenvalue weighted by atomic mass is 32.2. The van der Waals surface area contributed by atoms with Gasteiger partial charge in [-0.2, -0.15) is 0 Å². The second-order valence-corrected chi connectivity index (χ2v) is 6.58. The van der Waals surface area contributed by atoms with Crippen molar-refractivity contribution in [2.24, 2.45) is 0 Å². The van der Waals surface area contributed by atoms with Gasteiger partial charge in [-0.1, -0.05) is 11.8 Å². The molecule has 4 rings (SSSR count). The van der Waals surface area contributed by atoms with Crippen LogP contribution in [0.1, 0.15) is 6.42 Å². The average Bonchev–Trinajstić information content (AvgIpc) is 3.22. The number of fused-ring (bicyclic) bond motifs is 2. The molecule has 4 aromatic rings. The number of imidazole rings is 2. The maximum Gasteiger partial charge on any atom is 0.166 e. The number of hydrogen-bond acceptors (Lipinski definition) is 7. The van der Waals surface area contributed by atoms with Crippen LogP contribution < -0.4 is 10.5 Å². The number of ether oxygens (including phenoxy) is 1. The molecule has 0 radical (unpaired) electrons. The number of benzene rings is 1. The quantitative estimate of drug-likeness (QED) is 0.404. The topological polar surface area (TPSA) is 108 Å². The lowest BCUT2D eigenvalue weighted by molar-refractivity contribution is 0.415. The number of anilines is 1. The molecule has 0 aliphatic heterocycles. The molecule has 3 heterocycles. The van der Waals surface area contributed by atoms with Crippen LogP contribution in [0.2, 0.25) is 0 Å². The van der Waals surface area contributed by atoms with Gasteiger partial charge in [0.25, 0.3) is 0 Å². The number of aryl methyl sites for hydroxylation is 1. The fourth-order valence-electron chi connectivity index (χ4n) is 2.63. The van der Waals surface area contributed by atoms with Crippen molar-refractivity contribution in [3.8, 4) is 5.75 Å². The van der Waals surface area contributed by atoms with Crippen LogP contribution in [0.4, 0.5) is 5.82 Å². The Morgan fingerprint density at radius 2 is 2.20 bits per heavy atom. The van der Waals surface area contributed by atoms with E-state index in [2.05, 4.69) is 24.9 Å². The molecule has 1 aromatic carbocycles. The number of thioether (sulfide) groups is 1. The zero-order valence-corrected chi connectivity index (χ0v) is 14.5. The molecule has 0 aliphatic carbocycles. The van der Waals surface area contributed by atoms with Gasteiger partial charge in [0.15, 0.2) is 16.6 Å². The first-order chi connectivity index (χ1) is 12.2. The highest BCUT2D eigenvalue weighted by molar-refractivity contribution is 7.99. The Hall–Kier alpha value is -2.81. The number of rotatable bonds is 6. The van der Waals surface area contributed by atoms with Crippen LogP contribution in [0.15, 0.2) is 36.0 Å². The zero-order valence-electron chi connectivity index (χ0n) is 13.6. The van der Waals surface area contributed by atoms with Crippen molar-refractivity contribution in [2.45, 2.75) is 18.1 Å². The Kier molecular flexibility index (Phi) is 4.14. The highest BCUT2D eigenvalue weighted by Gasteiger charge is 2.08. The Balaban J connectivity index is 1.38. The van der Waals surface area contributed by atoms with E-state index in [0.29, 0.717) is 11.3 Å². The molecule has 3 N–H and O–H groups in total. The molecule has 8 nitrogen and oxygen atoms in total. The summed E-state index contributed by atoms with van der Waals surface area (Å²) in [5.74, 6) is 2.16. The molecule has 9 heteroatoms. The monoisotopic (exact) mass is 355 g/mol. The smallest absolute Gasteiger partial charge is 0.166 e. The van der Waals surface area contributed by atoms with Crippen molar-refractivity contribution in [1.82, 2.24) is 29.5 Å². The summed E-state index contributed by atoms with van der Waals surface area (Å²) < 4.78 is 7.23. The maximum absolute atomic E-state index is 5.81. The second-order valence-electron chi connectivity index (χ2n) is 5.50. The molecule has 0 spiro atoms. The minimum absolute atomic E-state index is 0.413. The highest BCUT2D eigenvalue weighted by Crippen LogP contribution is 2.23. The predicted molar refractivity (Wildman–Crippen MR) is 97.7 cm³/mol. The zero-order chi connectivity index (χ0) is 17.2. The van der Waals surface area contributed by atoms with Crippen LogP contribution >= 0.6 is 11.8 Å².